The predicted molar refractivity (Wildman–Crippen MR) is 99.6 cm³/mol. The van der Waals surface area contributed by atoms with Crippen molar-refractivity contribution in [1.82, 2.24) is 9.80 Å². The summed E-state index contributed by atoms with van der Waals surface area (Å²) in [6.45, 7) is 6.10. The van der Waals surface area contributed by atoms with Gasteiger partial charge in [0.05, 0.1) is 6.04 Å². The molecule has 2 heterocycles. The zero-order valence-electron chi connectivity index (χ0n) is 14.5. The first-order valence-corrected chi connectivity index (χ1v) is 10.2. The first-order chi connectivity index (χ1) is 11.7. The normalized spacial score (nSPS) is 23.7. The highest BCUT2D eigenvalue weighted by Crippen LogP contribution is 2.21. The SMILES string of the molecule is C[C@H](Oc1ccccc1)C(=O)N1CCCSC[C@@H]1CN1CCCC1. The number of para-hydroxylation sites is 1. The fourth-order valence-electron chi connectivity index (χ4n) is 3.52. The third kappa shape index (κ3) is 4.67. The minimum Gasteiger partial charge on any atom is -0.481 e. The average Bonchev–Trinajstić information content (AvgIpc) is 3.00. The Bertz CT molecular complexity index is 519. The minimum atomic E-state index is -0.434. The first kappa shape index (κ1) is 17.6. The van der Waals surface area contributed by atoms with Gasteiger partial charge in [-0.15, -0.1) is 0 Å². The Balaban J connectivity index is 1.64. The van der Waals surface area contributed by atoms with Crippen LogP contribution < -0.4 is 4.74 Å². The van der Waals surface area contributed by atoms with Crippen LogP contribution in [0, 0.1) is 0 Å². The molecule has 2 aliphatic heterocycles. The summed E-state index contributed by atoms with van der Waals surface area (Å²) in [6.07, 6.45) is 3.23. The molecule has 24 heavy (non-hydrogen) atoms. The molecule has 1 aromatic carbocycles. The Morgan fingerprint density at radius 3 is 2.71 bits per heavy atom. The van der Waals surface area contributed by atoms with Crippen LogP contribution in [0.25, 0.3) is 0 Å². The summed E-state index contributed by atoms with van der Waals surface area (Å²) in [7, 11) is 0. The van der Waals surface area contributed by atoms with Gasteiger partial charge in [-0.3, -0.25) is 4.79 Å². The first-order valence-electron chi connectivity index (χ1n) is 9.06. The van der Waals surface area contributed by atoms with Gasteiger partial charge in [0.15, 0.2) is 6.10 Å². The Kier molecular flexibility index (Phi) is 6.44. The molecule has 0 aromatic heterocycles. The highest BCUT2D eigenvalue weighted by atomic mass is 32.2. The number of likely N-dealkylation sites (tertiary alicyclic amines) is 1. The molecule has 0 spiro atoms. The number of thioether (sulfide) groups is 1. The second kappa shape index (κ2) is 8.77. The summed E-state index contributed by atoms with van der Waals surface area (Å²) in [4.78, 5) is 17.6. The average molecular weight is 349 g/mol. The van der Waals surface area contributed by atoms with E-state index in [4.69, 9.17) is 4.74 Å². The van der Waals surface area contributed by atoms with E-state index in [1.807, 2.05) is 49.0 Å². The van der Waals surface area contributed by atoms with E-state index >= 15 is 0 Å². The number of rotatable bonds is 5. The molecule has 5 heteroatoms. The van der Waals surface area contributed by atoms with Crippen molar-refractivity contribution in [2.45, 2.75) is 38.3 Å². The third-order valence-electron chi connectivity index (χ3n) is 4.79. The second-order valence-electron chi connectivity index (χ2n) is 6.69. The molecule has 0 bridgehead atoms. The lowest BCUT2D eigenvalue weighted by Gasteiger charge is -2.34. The van der Waals surface area contributed by atoms with Crippen molar-refractivity contribution < 1.29 is 9.53 Å². The van der Waals surface area contributed by atoms with Gasteiger partial charge >= 0.3 is 0 Å². The van der Waals surface area contributed by atoms with Gasteiger partial charge < -0.3 is 14.5 Å². The second-order valence-corrected chi connectivity index (χ2v) is 7.84. The number of carbonyl (C=O) groups excluding carboxylic acids is 1. The van der Waals surface area contributed by atoms with Crippen molar-refractivity contribution in [2.24, 2.45) is 0 Å². The number of nitrogens with zero attached hydrogens (tertiary/aromatic N) is 2. The number of carbonyl (C=O) groups is 1. The van der Waals surface area contributed by atoms with Gasteiger partial charge in [-0.1, -0.05) is 18.2 Å². The largest absolute Gasteiger partial charge is 0.481 e. The van der Waals surface area contributed by atoms with Gasteiger partial charge in [0.25, 0.3) is 5.91 Å². The van der Waals surface area contributed by atoms with Crippen LogP contribution in [0.4, 0.5) is 0 Å². The number of ether oxygens (including phenoxy) is 1. The predicted octanol–water partition coefficient (Wildman–Crippen LogP) is 2.88. The lowest BCUT2D eigenvalue weighted by molar-refractivity contribution is -0.140. The van der Waals surface area contributed by atoms with Crippen molar-refractivity contribution in [1.29, 1.82) is 0 Å². The number of benzene rings is 1. The third-order valence-corrected chi connectivity index (χ3v) is 5.99. The molecule has 2 aliphatic rings. The number of hydrogen-bond donors (Lipinski definition) is 0. The van der Waals surface area contributed by atoms with Crippen molar-refractivity contribution >= 4 is 17.7 Å². The van der Waals surface area contributed by atoms with E-state index in [9.17, 15) is 4.79 Å². The summed E-state index contributed by atoms with van der Waals surface area (Å²) in [5.41, 5.74) is 0. The van der Waals surface area contributed by atoms with Crippen molar-refractivity contribution in [3.63, 3.8) is 0 Å². The summed E-state index contributed by atoms with van der Waals surface area (Å²) in [5.74, 6) is 3.08. The van der Waals surface area contributed by atoms with Gasteiger partial charge in [-0.25, -0.2) is 0 Å². The van der Waals surface area contributed by atoms with E-state index in [0.717, 1.165) is 36.8 Å². The van der Waals surface area contributed by atoms with Crippen molar-refractivity contribution in [3.05, 3.63) is 30.3 Å². The van der Waals surface area contributed by atoms with E-state index in [0.29, 0.717) is 6.04 Å². The highest BCUT2D eigenvalue weighted by molar-refractivity contribution is 7.99. The molecule has 4 nitrogen and oxygen atoms in total. The summed E-state index contributed by atoms with van der Waals surface area (Å²) >= 11 is 1.98. The maximum absolute atomic E-state index is 13.0. The lowest BCUT2D eigenvalue weighted by atomic mass is 10.2. The van der Waals surface area contributed by atoms with Crippen LogP contribution in [0.3, 0.4) is 0 Å². The Morgan fingerprint density at radius 2 is 1.96 bits per heavy atom. The van der Waals surface area contributed by atoms with Gasteiger partial charge in [0, 0.05) is 18.8 Å². The van der Waals surface area contributed by atoms with Crippen LogP contribution in [0.15, 0.2) is 30.3 Å². The van der Waals surface area contributed by atoms with E-state index in [-0.39, 0.29) is 5.91 Å². The van der Waals surface area contributed by atoms with E-state index < -0.39 is 6.10 Å². The molecule has 0 radical (unpaired) electrons. The fraction of sp³-hybridized carbons (Fsp3) is 0.632. The van der Waals surface area contributed by atoms with Crippen LogP contribution in [-0.2, 0) is 4.79 Å². The smallest absolute Gasteiger partial charge is 0.263 e. The quantitative estimate of drug-likeness (QED) is 0.819. The maximum Gasteiger partial charge on any atom is 0.263 e. The lowest BCUT2D eigenvalue weighted by Crippen LogP contribution is -2.51. The zero-order valence-corrected chi connectivity index (χ0v) is 15.3. The monoisotopic (exact) mass is 348 g/mol. The maximum atomic E-state index is 13.0. The van der Waals surface area contributed by atoms with Crippen LogP contribution in [0.5, 0.6) is 5.75 Å². The zero-order chi connectivity index (χ0) is 16.8. The van der Waals surface area contributed by atoms with Crippen molar-refractivity contribution in [2.75, 3.05) is 37.7 Å². The van der Waals surface area contributed by atoms with E-state index in [1.165, 1.54) is 25.9 Å². The molecule has 0 saturated carbocycles. The fourth-order valence-corrected chi connectivity index (χ4v) is 4.58. The van der Waals surface area contributed by atoms with Gasteiger partial charge in [0.1, 0.15) is 5.75 Å². The molecular formula is C19H28N2O2S. The Morgan fingerprint density at radius 1 is 1.21 bits per heavy atom. The minimum absolute atomic E-state index is 0.130. The van der Waals surface area contributed by atoms with Gasteiger partial charge in [-0.2, -0.15) is 11.8 Å². The van der Waals surface area contributed by atoms with E-state index in [1.54, 1.807) is 0 Å². The molecule has 132 valence electrons. The molecule has 0 N–H and O–H groups in total. The molecule has 2 fully saturated rings. The molecule has 1 amide bonds. The molecule has 0 unspecified atom stereocenters. The molecule has 2 saturated heterocycles. The number of hydrogen-bond acceptors (Lipinski definition) is 4. The van der Waals surface area contributed by atoms with E-state index in [2.05, 4.69) is 9.80 Å². The molecular weight excluding hydrogens is 320 g/mol. The highest BCUT2D eigenvalue weighted by Gasteiger charge is 2.31. The molecule has 1 aromatic rings. The number of amides is 1. The van der Waals surface area contributed by atoms with Crippen LogP contribution in [-0.4, -0.2) is 65.5 Å². The summed E-state index contributed by atoms with van der Waals surface area (Å²) < 4.78 is 5.88. The van der Waals surface area contributed by atoms with Crippen LogP contribution in [0.1, 0.15) is 26.2 Å². The Labute approximate surface area is 149 Å². The molecule has 0 aliphatic carbocycles. The van der Waals surface area contributed by atoms with Crippen LogP contribution in [0.2, 0.25) is 0 Å². The van der Waals surface area contributed by atoms with Crippen molar-refractivity contribution in [3.8, 4) is 5.75 Å². The van der Waals surface area contributed by atoms with Gasteiger partial charge in [-0.05, 0) is 57.2 Å². The standard InChI is InChI=1S/C19H28N2O2S/c1-16(23-18-8-3-2-4-9-18)19(22)21-12-7-13-24-15-17(21)14-20-10-5-6-11-20/h2-4,8-9,16-17H,5-7,10-15H2,1H3/t16-,17-/m0/s1. The van der Waals surface area contributed by atoms with Gasteiger partial charge in [0.2, 0.25) is 0 Å². The Hall–Kier alpha value is -1.20. The summed E-state index contributed by atoms with van der Waals surface area (Å²) in [6, 6.07) is 9.95. The molecule has 2 atom stereocenters. The molecule has 3 rings (SSSR count). The summed E-state index contributed by atoms with van der Waals surface area (Å²) in [5, 5.41) is 0. The van der Waals surface area contributed by atoms with Crippen LogP contribution >= 0.6 is 11.8 Å². The topological polar surface area (TPSA) is 32.8 Å².